The Hall–Kier alpha value is -10.2. The molecule has 0 saturated carbocycles. The molecule has 800 valence electrons. The number of unbranched alkanes of at least 4 members (excludes halogenated alkanes) is 22. The second-order valence-electron chi connectivity index (χ2n) is 39.9. The summed E-state index contributed by atoms with van der Waals surface area (Å²) in [7, 11) is 15.1. The third-order valence-electron chi connectivity index (χ3n) is 26.6. The number of aromatic amines is 1. The van der Waals surface area contributed by atoms with E-state index in [2.05, 4.69) is 53.3 Å². The minimum Gasteiger partial charge on any atom is -0.494 e. The fourth-order valence-corrected chi connectivity index (χ4v) is 17.6. The van der Waals surface area contributed by atoms with Crippen molar-refractivity contribution in [3.8, 4) is 11.5 Å². The van der Waals surface area contributed by atoms with E-state index in [0.717, 1.165) is 127 Å². The molecule has 0 aliphatic heterocycles. The first-order valence-electron chi connectivity index (χ1n) is 52.4. The van der Waals surface area contributed by atoms with Crippen molar-refractivity contribution in [3.63, 3.8) is 0 Å². The number of carboxylic acid groups (broad SMARTS) is 5. The lowest BCUT2D eigenvalue weighted by atomic mass is 9.78. The summed E-state index contributed by atoms with van der Waals surface area (Å²) in [5.41, 5.74) is 1.06. The van der Waals surface area contributed by atoms with Crippen LogP contribution < -0.4 is 41.4 Å². The molecule has 0 radical (unpaired) electrons. The van der Waals surface area contributed by atoms with Crippen LogP contribution in [0.25, 0.3) is 0 Å². The van der Waals surface area contributed by atoms with Gasteiger partial charge in [0.05, 0.1) is 61.3 Å². The smallest absolute Gasteiger partial charge is 0.335 e. The Balaban J connectivity index is 1.35. The maximum Gasteiger partial charge on any atom is 0.335 e. The highest BCUT2D eigenvalue weighted by Gasteiger charge is 2.33. The molecule has 3 aromatic rings. The van der Waals surface area contributed by atoms with Gasteiger partial charge in [-0.1, -0.05) is 130 Å². The molecule has 0 aliphatic rings. The Morgan fingerprint density at radius 1 is 0.380 bits per heavy atom. The molecule has 0 saturated heterocycles. The summed E-state index contributed by atoms with van der Waals surface area (Å²) in [6, 6.07) is 9.38. The van der Waals surface area contributed by atoms with Crippen molar-refractivity contribution in [3.05, 3.63) is 90.2 Å². The van der Waals surface area contributed by atoms with Gasteiger partial charge in [0.15, 0.2) is 0 Å². The summed E-state index contributed by atoms with van der Waals surface area (Å²) in [6.07, 6.45) is 32.7. The van der Waals surface area contributed by atoms with Crippen LogP contribution in [-0.4, -0.2) is 282 Å². The molecule has 3 rings (SSSR count). The summed E-state index contributed by atoms with van der Waals surface area (Å²) < 4.78 is 11.4. The molecule has 34 nitrogen and oxygen atoms in total. The highest BCUT2D eigenvalue weighted by molar-refractivity contribution is 5.92. The molecule has 8 atom stereocenters. The van der Waals surface area contributed by atoms with Gasteiger partial charge in [-0.15, -0.1) is 0 Å². The summed E-state index contributed by atoms with van der Waals surface area (Å²) in [5.74, 6) is -6.98. The molecule has 142 heavy (non-hydrogen) atoms. The van der Waals surface area contributed by atoms with E-state index in [9.17, 15) is 87.2 Å². The molecule has 0 aliphatic carbocycles. The lowest BCUT2D eigenvalue weighted by Gasteiger charge is -2.27. The zero-order chi connectivity index (χ0) is 105. The number of aromatic nitrogens is 2. The predicted molar refractivity (Wildman–Crippen MR) is 550 cm³/mol. The van der Waals surface area contributed by atoms with Crippen LogP contribution in [0.15, 0.2) is 73.3 Å². The van der Waals surface area contributed by atoms with Crippen molar-refractivity contribution in [2.45, 2.75) is 371 Å². The number of nitrogens with zero attached hydrogens (tertiary/aromatic N) is 5. The minimum atomic E-state index is -1.18. The van der Waals surface area contributed by atoms with Crippen LogP contribution in [0, 0.1) is 17.3 Å². The van der Waals surface area contributed by atoms with Crippen LogP contribution in [0.2, 0.25) is 0 Å². The topological polar surface area (TPSA) is 489 Å². The maximum atomic E-state index is 14.2. The number of hydrogen-bond acceptors (Lipinski definition) is 24. The number of benzene rings is 2. The Kier molecular flexibility index (Phi) is 66.3. The number of imidazole rings is 1. The van der Waals surface area contributed by atoms with Crippen molar-refractivity contribution in [1.82, 2.24) is 61.5 Å². The third-order valence-corrected chi connectivity index (χ3v) is 26.6. The van der Waals surface area contributed by atoms with Gasteiger partial charge in [0.2, 0.25) is 23.6 Å². The van der Waals surface area contributed by atoms with Crippen LogP contribution in [-0.2, 0) is 68.7 Å². The predicted octanol–water partition coefficient (Wildman–Crippen LogP) is 15.2. The molecule has 0 bridgehead atoms. The number of carbonyl (C=O) groups is 15. The normalized spacial score (nSPS) is 13.3. The van der Waals surface area contributed by atoms with Gasteiger partial charge in [-0.3, -0.25) is 77.6 Å². The van der Waals surface area contributed by atoms with E-state index in [1.807, 2.05) is 71.1 Å². The second kappa shape index (κ2) is 74.7. The van der Waals surface area contributed by atoms with E-state index in [-0.39, 0.29) is 171 Å². The fraction of sp³-hybridized carbons (Fsp3) is 0.704. The molecular formula is C108H176N12O22. The van der Waals surface area contributed by atoms with E-state index in [4.69, 9.17) is 19.7 Å². The molecule has 0 fully saturated rings. The van der Waals surface area contributed by atoms with Crippen LogP contribution in [0.5, 0.6) is 11.5 Å². The highest BCUT2D eigenvalue weighted by atomic mass is 16.5. The lowest BCUT2D eigenvalue weighted by Crippen LogP contribution is -2.43. The molecule has 2 aromatic carbocycles. The van der Waals surface area contributed by atoms with Crippen LogP contribution in [0.4, 0.5) is 0 Å². The molecule has 34 heteroatoms. The van der Waals surface area contributed by atoms with Crippen LogP contribution in [0.3, 0.4) is 0 Å². The number of nitrogens with one attached hydrogen (secondary N) is 7. The monoisotopic (exact) mass is 1990 g/mol. The van der Waals surface area contributed by atoms with Gasteiger partial charge in [-0.2, -0.15) is 0 Å². The van der Waals surface area contributed by atoms with Crippen molar-refractivity contribution >= 4 is 88.2 Å². The van der Waals surface area contributed by atoms with E-state index in [1.165, 1.54) is 24.3 Å². The first-order chi connectivity index (χ1) is 67.8. The molecule has 4 amide bonds. The summed E-state index contributed by atoms with van der Waals surface area (Å²) in [4.78, 5) is 207. The number of Topliss-reactive ketones (excluding diaryl/α,β-unsaturated/α-hetero) is 6. The molecule has 0 spiro atoms. The van der Waals surface area contributed by atoms with E-state index in [0.29, 0.717) is 179 Å². The number of likely N-dealkylation sites (N-methyl/N-ethyl adjacent to an activating group) is 4. The Morgan fingerprint density at radius 2 is 0.803 bits per heavy atom. The first kappa shape index (κ1) is 126. The van der Waals surface area contributed by atoms with Crippen LogP contribution >= 0.6 is 0 Å². The second-order valence-corrected chi connectivity index (χ2v) is 39.9. The number of aryl methyl sites for hydroxylation is 1. The molecule has 0 unspecified atom stereocenters. The molecular weight excluding hydrogens is 1820 g/mol. The highest BCUT2D eigenvalue weighted by Crippen LogP contribution is 2.30. The SMILES string of the molecule is C=C(NCCCC[C@H](NCC(=O)[C@H](CCCCNC(=O)[C@H](CCCCCC(=O)[C@H](CCCCNC(=O)CC[C@H](CC(=O)CCCCCCCCCCOc1ccc(C(=O)O)cc1)C(=O)O)N(C)C)N(C)C)CCC(=O)C(C)(C)CC(=O)CCc1cnc[nH]1)C(=O)O)[C@H](CCCCNC(=O)[C@H](CCCCCC(=O)CC[C@H](NC(=O)CCCCCCCCCCOc1ccc(C(=O)O)cc1)C(=O)O)N(C)C)N(C)C. The van der Waals surface area contributed by atoms with Gasteiger partial charge >= 0.3 is 29.8 Å². The minimum absolute atomic E-state index is 0.0134. The number of carboxylic acids is 5. The summed E-state index contributed by atoms with van der Waals surface area (Å²) in [6.45, 7) is 10.4. The van der Waals surface area contributed by atoms with Gasteiger partial charge in [0.25, 0.3) is 0 Å². The van der Waals surface area contributed by atoms with Crippen molar-refractivity contribution in [2.75, 3.05) is 102 Å². The Labute approximate surface area is 844 Å². The first-order valence-corrected chi connectivity index (χ1v) is 52.4. The number of H-pyrrole nitrogens is 1. The fourth-order valence-electron chi connectivity index (χ4n) is 17.6. The number of aromatic carboxylic acids is 2. The average Bonchev–Trinajstić information content (AvgIpc) is 0.984. The largest absolute Gasteiger partial charge is 0.494 e. The quantitative estimate of drug-likeness (QED) is 0.0234. The number of hydrogen-bond donors (Lipinski definition) is 12. The average molecular weight is 1990 g/mol. The number of aliphatic carboxylic acids is 3. The van der Waals surface area contributed by atoms with E-state index < -0.39 is 65.2 Å². The van der Waals surface area contributed by atoms with Gasteiger partial charge in [-0.25, -0.2) is 19.4 Å². The Bertz CT molecular complexity index is 4200. The molecule has 12 N–H and O–H groups in total. The number of ether oxygens (including phenoxy) is 2. The van der Waals surface area contributed by atoms with Crippen molar-refractivity contribution in [2.24, 2.45) is 17.3 Å². The zero-order valence-electron chi connectivity index (χ0n) is 87.3. The van der Waals surface area contributed by atoms with Gasteiger partial charge < -0.3 is 71.5 Å². The third kappa shape index (κ3) is 58.0. The number of amides is 4. The van der Waals surface area contributed by atoms with Crippen LogP contribution in [0.1, 0.15) is 355 Å². The summed E-state index contributed by atoms with van der Waals surface area (Å²) >= 11 is 0. The van der Waals surface area contributed by atoms with Gasteiger partial charge in [0, 0.05) is 125 Å². The van der Waals surface area contributed by atoms with Crippen molar-refractivity contribution in [1.29, 1.82) is 0 Å². The standard InChI is InChI=1S/C108H176N12O22/c1-79(92(117(4)5)46-34-39-71-113-102(130)94(119(8)9)48-28-24-27-43-85(121)60-65-91(107(139)140)116-100(128)51-31-21-17-13-15-19-23-41-73-142-89-63-54-82(55-64-89)104(133)134)110-68-37-33-45-90(106(137)138)114-77-97(125)80(56-66-98(126)108(2,3)75-87(123)59-58-84-76-109-78-115-84)42-32-36-70-112-101(129)95(120(10)11)49-29-25-30-50-96(124)93(118(6)7)47-35-38-69-111-99(127)67-57-83(105(135)136)74-86(122)44-26-20-16-12-14-18-22-40-72-141-88-61-52-81(53-62-88)103(131)132/h52-55,61-64,76,78,80,83,90-95,110,114H,1,12-51,56-60,65-75,77H2,2-11H3,(H,109,115)(H,111,127)(H,112,129)(H,113,130)(H,116,128)(H,131,132)(H,133,134)(H,135,136)(H,137,138)(H,139,140)/t80-,83-,90+,91+,92+,93+,94+,95+/m1/s1. The van der Waals surface area contributed by atoms with E-state index in [1.54, 1.807) is 50.6 Å². The Morgan fingerprint density at radius 3 is 1.28 bits per heavy atom. The zero-order valence-corrected chi connectivity index (χ0v) is 87.3. The van der Waals surface area contributed by atoms with Crippen molar-refractivity contribution < 1.29 is 107 Å². The lowest BCUT2D eigenvalue weighted by molar-refractivity contribution is -0.144. The number of rotatable bonds is 92. The number of carbonyl (C=O) groups excluding carboxylic acids is 10. The molecule has 1 aromatic heterocycles. The number of ketones is 6. The van der Waals surface area contributed by atoms with Gasteiger partial charge in [-0.05, 0) is 253 Å². The van der Waals surface area contributed by atoms with Gasteiger partial charge in [0.1, 0.15) is 58.3 Å². The molecule has 1 heterocycles. The van der Waals surface area contributed by atoms with E-state index >= 15 is 0 Å². The summed E-state index contributed by atoms with van der Waals surface area (Å²) in [5, 5.41) is 66.2. The maximum absolute atomic E-state index is 14.2.